The minimum Gasteiger partial charge on any atom is -0.495 e. The molecule has 0 radical (unpaired) electrons. The lowest BCUT2D eigenvalue weighted by Gasteiger charge is -2.30. The molecule has 102 valence electrons. The van der Waals surface area contributed by atoms with E-state index >= 15 is 0 Å². The number of fused-ring (bicyclic) bond motifs is 1. The van der Waals surface area contributed by atoms with Crippen molar-refractivity contribution in [3.8, 4) is 5.75 Å². The van der Waals surface area contributed by atoms with E-state index in [4.69, 9.17) is 4.74 Å². The van der Waals surface area contributed by atoms with E-state index < -0.39 is 0 Å². The maximum Gasteiger partial charge on any atom is 0.278 e. The number of amides is 1. The van der Waals surface area contributed by atoms with Crippen LogP contribution in [0.25, 0.3) is 0 Å². The van der Waals surface area contributed by atoms with Gasteiger partial charge in [0.25, 0.3) is 5.91 Å². The lowest BCUT2D eigenvalue weighted by atomic mass is 10.0. The molecule has 1 aliphatic heterocycles. The maximum absolute atomic E-state index is 12.6. The Labute approximate surface area is 117 Å². The molecule has 1 aromatic heterocycles. The fourth-order valence-electron chi connectivity index (χ4n) is 2.53. The largest absolute Gasteiger partial charge is 0.495 e. The summed E-state index contributed by atoms with van der Waals surface area (Å²) >= 11 is 0. The highest BCUT2D eigenvalue weighted by atomic mass is 16.5. The van der Waals surface area contributed by atoms with E-state index in [9.17, 15) is 4.79 Å². The summed E-state index contributed by atoms with van der Waals surface area (Å²) in [6, 6.07) is 5.86. The highest BCUT2D eigenvalue weighted by molar-refractivity contribution is 6.06. The molecule has 20 heavy (non-hydrogen) atoms. The van der Waals surface area contributed by atoms with Gasteiger partial charge in [0.1, 0.15) is 11.4 Å². The van der Waals surface area contributed by atoms with E-state index in [1.54, 1.807) is 18.2 Å². The Morgan fingerprint density at radius 3 is 3.00 bits per heavy atom. The van der Waals surface area contributed by atoms with Crippen LogP contribution in [-0.4, -0.2) is 29.5 Å². The number of carbonyl (C=O) groups excluding carboxylic acids is 1. The van der Waals surface area contributed by atoms with Gasteiger partial charge in [0, 0.05) is 18.9 Å². The summed E-state index contributed by atoms with van der Waals surface area (Å²) in [5, 5.41) is 0. The highest BCUT2D eigenvalue weighted by Crippen LogP contribution is 2.36. The van der Waals surface area contributed by atoms with Crippen LogP contribution in [0.2, 0.25) is 0 Å². The van der Waals surface area contributed by atoms with Gasteiger partial charge < -0.3 is 9.64 Å². The van der Waals surface area contributed by atoms with Crippen LogP contribution >= 0.6 is 0 Å². The van der Waals surface area contributed by atoms with Gasteiger partial charge in [0.15, 0.2) is 0 Å². The maximum atomic E-state index is 12.6. The second-order valence-corrected chi connectivity index (χ2v) is 4.62. The molecule has 2 heterocycles. The quantitative estimate of drug-likeness (QED) is 0.837. The summed E-state index contributed by atoms with van der Waals surface area (Å²) in [6.45, 7) is 0.669. The zero-order valence-electron chi connectivity index (χ0n) is 11.2. The van der Waals surface area contributed by atoms with Crippen LogP contribution in [0.3, 0.4) is 0 Å². The number of hydrogen-bond donors (Lipinski definition) is 0. The van der Waals surface area contributed by atoms with Crippen molar-refractivity contribution >= 4 is 11.6 Å². The Morgan fingerprint density at radius 2 is 2.25 bits per heavy atom. The van der Waals surface area contributed by atoms with Crippen molar-refractivity contribution in [2.75, 3.05) is 18.6 Å². The molecular formula is C15H15N3O2. The predicted molar refractivity (Wildman–Crippen MR) is 75.0 cm³/mol. The van der Waals surface area contributed by atoms with Crippen molar-refractivity contribution in [1.29, 1.82) is 0 Å². The van der Waals surface area contributed by atoms with E-state index in [1.165, 1.54) is 12.4 Å². The zero-order valence-corrected chi connectivity index (χ0v) is 11.2. The second-order valence-electron chi connectivity index (χ2n) is 4.62. The Balaban J connectivity index is 2.04. The average Bonchev–Trinajstić information content (AvgIpc) is 2.53. The van der Waals surface area contributed by atoms with E-state index in [1.807, 2.05) is 18.2 Å². The third kappa shape index (κ3) is 2.11. The van der Waals surface area contributed by atoms with Crippen molar-refractivity contribution in [1.82, 2.24) is 9.97 Å². The van der Waals surface area contributed by atoms with Crippen LogP contribution in [0.5, 0.6) is 5.75 Å². The number of anilines is 1. The molecule has 5 heteroatoms. The molecular weight excluding hydrogens is 254 g/mol. The number of aryl methyl sites for hydroxylation is 1. The van der Waals surface area contributed by atoms with Gasteiger partial charge in [0.2, 0.25) is 0 Å². The smallest absolute Gasteiger partial charge is 0.278 e. The van der Waals surface area contributed by atoms with Gasteiger partial charge in [-0.15, -0.1) is 0 Å². The molecule has 0 fully saturated rings. The minimum atomic E-state index is -0.136. The van der Waals surface area contributed by atoms with Crippen LogP contribution < -0.4 is 9.64 Å². The Bertz CT molecular complexity index is 614. The SMILES string of the molecule is COc1cccc2c1N(C(=O)c1cnccn1)CCC2. The van der Waals surface area contributed by atoms with Crippen LogP contribution in [-0.2, 0) is 6.42 Å². The molecule has 1 aliphatic rings. The van der Waals surface area contributed by atoms with Gasteiger partial charge in [-0.25, -0.2) is 4.98 Å². The van der Waals surface area contributed by atoms with Gasteiger partial charge in [0.05, 0.1) is 19.0 Å². The summed E-state index contributed by atoms with van der Waals surface area (Å²) in [7, 11) is 1.62. The van der Waals surface area contributed by atoms with Crippen LogP contribution in [0, 0.1) is 0 Å². The van der Waals surface area contributed by atoms with Crippen molar-refractivity contribution in [3.63, 3.8) is 0 Å². The van der Waals surface area contributed by atoms with Gasteiger partial charge in [-0.2, -0.15) is 0 Å². The Morgan fingerprint density at radius 1 is 1.35 bits per heavy atom. The number of methoxy groups -OCH3 is 1. The van der Waals surface area contributed by atoms with Crippen molar-refractivity contribution < 1.29 is 9.53 Å². The summed E-state index contributed by atoms with van der Waals surface area (Å²) in [4.78, 5) is 22.4. The number of aromatic nitrogens is 2. The van der Waals surface area contributed by atoms with Gasteiger partial charge >= 0.3 is 0 Å². The van der Waals surface area contributed by atoms with Crippen molar-refractivity contribution in [3.05, 3.63) is 48.0 Å². The van der Waals surface area contributed by atoms with E-state index in [-0.39, 0.29) is 5.91 Å². The van der Waals surface area contributed by atoms with Crippen LogP contribution in [0.4, 0.5) is 5.69 Å². The first kappa shape index (κ1) is 12.6. The van der Waals surface area contributed by atoms with E-state index in [0.29, 0.717) is 12.2 Å². The Kier molecular flexibility index (Phi) is 3.33. The third-order valence-corrected chi connectivity index (χ3v) is 3.43. The van der Waals surface area contributed by atoms with Crippen LogP contribution in [0.1, 0.15) is 22.5 Å². The van der Waals surface area contributed by atoms with E-state index in [0.717, 1.165) is 29.8 Å². The molecule has 3 rings (SSSR count). The summed E-state index contributed by atoms with van der Waals surface area (Å²) in [5.74, 6) is 0.586. The lowest BCUT2D eigenvalue weighted by molar-refractivity contribution is 0.0979. The molecule has 0 bridgehead atoms. The molecule has 0 saturated heterocycles. The number of benzene rings is 1. The molecule has 2 aromatic rings. The third-order valence-electron chi connectivity index (χ3n) is 3.43. The van der Waals surface area contributed by atoms with E-state index in [2.05, 4.69) is 9.97 Å². The number of ether oxygens (including phenoxy) is 1. The monoisotopic (exact) mass is 269 g/mol. The minimum absolute atomic E-state index is 0.136. The molecule has 1 aromatic carbocycles. The fourth-order valence-corrected chi connectivity index (χ4v) is 2.53. The molecule has 1 amide bonds. The molecule has 0 atom stereocenters. The molecule has 0 aliphatic carbocycles. The summed E-state index contributed by atoms with van der Waals surface area (Å²) in [5.41, 5.74) is 2.34. The normalized spacial score (nSPS) is 13.8. The first-order valence-corrected chi connectivity index (χ1v) is 6.55. The van der Waals surface area contributed by atoms with Gasteiger partial charge in [-0.1, -0.05) is 12.1 Å². The van der Waals surface area contributed by atoms with Gasteiger partial charge in [-0.05, 0) is 24.5 Å². The van der Waals surface area contributed by atoms with Gasteiger partial charge in [-0.3, -0.25) is 9.78 Å². The van der Waals surface area contributed by atoms with Crippen molar-refractivity contribution in [2.24, 2.45) is 0 Å². The first-order chi connectivity index (χ1) is 9.81. The van der Waals surface area contributed by atoms with Crippen molar-refractivity contribution in [2.45, 2.75) is 12.8 Å². The number of nitrogens with zero attached hydrogens (tertiary/aromatic N) is 3. The molecule has 0 saturated carbocycles. The average molecular weight is 269 g/mol. The fraction of sp³-hybridized carbons (Fsp3) is 0.267. The zero-order chi connectivity index (χ0) is 13.9. The van der Waals surface area contributed by atoms with Crippen LogP contribution in [0.15, 0.2) is 36.8 Å². The molecule has 5 nitrogen and oxygen atoms in total. The number of para-hydroxylation sites is 1. The molecule has 0 unspecified atom stereocenters. The number of rotatable bonds is 2. The molecule has 0 spiro atoms. The lowest BCUT2D eigenvalue weighted by Crippen LogP contribution is -2.36. The summed E-state index contributed by atoms with van der Waals surface area (Å²) < 4.78 is 5.40. The molecule has 0 N–H and O–H groups in total. The second kappa shape index (κ2) is 5.28. The number of hydrogen-bond acceptors (Lipinski definition) is 4. The Hall–Kier alpha value is -2.43. The first-order valence-electron chi connectivity index (χ1n) is 6.55. The number of carbonyl (C=O) groups is 1. The predicted octanol–water partition coefficient (Wildman–Crippen LogP) is 2.08. The topological polar surface area (TPSA) is 55.3 Å². The standard InChI is InChI=1S/C15H15N3O2/c1-20-13-6-2-4-11-5-3-9-18(14(11)13)15(19)12-10-16-7-8-17-12/h2,4,6-8,10H,3,5,9H2,1H3. The summed E-state index contributed by atoms with van der Waals surface area (Å²) in [6.07, 6.45) is 6.47. The highest BCUT2D eigenvalue weighted by Gasteiger charge is 2.27.